The van der Waals surface area contributed by atoms with Crippen molar-refractivity contribution in [2.75, 3.05) is 13.2 Å². The summed E-state index contributed by atoms with van der Waals surface area (Å²) in [4.78, 5) is 36.4. The number of hydrogen-bond donors (Lipinski definition) is 2. The van der Waals surface area contributed by atoms with Crippen molar-refractivity contribution in [3.05, 3.63) is 93.5 Å². The molecule has 0 aliphatic rings. The third kappa shape index (κ3) is 7.84. The van der Waals surface area contributed by atoms with Crippen LogP contribution in [0.1, 0.15) is 33.2 Å². The van der Waals surface area contributed by atoms with Gasteiger partial charge in [0.2, 0.25) is 0 Å². The molecule has 35 heavy (non-hydrogen) atoms. The first-order chi connectivity index (χ1) is 16.9. The second-order valence-electron chi connectivity index (χ2n) is 7.02. The quantitative estimate of drug-likeness (QED) is 0.190. The molecule has 0 saturated heterocycles. The smallest absolute Gasteiger partial charge is 0.343 e. The van der Waals surface area contributed by atoms with Crippen LogP contribution in [0.25, 0.3) is 0 Å². The molecule has 0 atom stereocenters. The van der Waals surface area contributed by atoms with Crippen molar-refractivity contribution in [1.29, 1.82) is 0 Å². The second kappa shape index (κ2) is 12.5. The number of hydrazone groups is 1. The normalized spacial score (nSPS) is 10.6. The van der Waals surface area contributed by atoms with Crippen LogP contribution in [0, 0.1) is 0 Å². The van der Waals surface area contributed by atoms with Crippen LogP contribution >= 0.6 is 23.2 Å². The molecule has 0 unspecified atom stereocenters. The van der Waals surface area contributed by atoms with Gasteiger partial charge in [-0.05, 0) is 79.2 Å². The minimum Gasteiger partial charge on any atom is -0.490 e. The second-order valence-corrected chi connectivity index (χ2v) is 7.89. The molecule has 0 aliphatic heterocycles. The maximum Gasteiger partial charge on any atom is 0.343 e. The SMILES string of the molecule is CCOc1cc(/C=N\NC(=O)CNC(=O)c2ccc(Cl)cc2)ccc1OC(=O)c1ccc(Cl)cc1. The molecule has 0 radical (unpaired) electrons. The number of hydrogen-bond acceptors (Lipinski definition) is 6. The van der Waals surface area contributed by atoms with Gasteiger partial charge in [0, 0.05) is 15.6 Å². The van der Waals surface area contributed by atoms with Gasteiger partial charge in [0.05, 0.1) is 24.9 Å². The number of ether oxygens (including phenoxy) is 2. The number of amides is 2. The number of benzene rings is 3. The molecule has 0 aliphatic carbocycles. The number of carbonyl (C=O) groups excluding carboxylic acids is 3. The first-order valence-corrected chi connectivity index (χ1v) is 11.2. The third-order valence-electron chi connectivity index (χ3n) is 4.47. The van der Waals surface area contributed by atoms with E-state index >= 15 is 0 Å². The molecule has 0 spiro atoms. The Balaban J connectivity index is 1.56. The van der Waals surface area contributed by atoms with Crippen LogP contribution in [0.5, 0.6) is 11.5 Å². The lowest BCUT2D eigenvalue weighted by Gasteiger charge is -2.11. The van der Waals surface area contributed by atoms with Gasteiger partial charge in [-0.3, -0.25) is 9.59 Å². The van der Waals surface area contributed by atoms with E-state index in [1.165, 1.54) is 6.21 Å². The number of halogens is 2. The number of nitrogens with one attached hydrogen (secondary N) is 2. The summed E-state index contributed by atoms with van der Waals surface area (Å²) in [5, 5.41) is 7.39. The van der Waals surface area contributed by atoms with E-state index < -0.39 is 17.8 Å². The summed E-state index contributed by atoms with van der Waals surface area (Å²) in [5.74, 6) is -0.914. The summed E-state index contributed by atoms with van der Waals surface area (Å²) in [6.45, 7) is 1.88. The number of nitrogens with zero attached hydrogens (tertiary/aromatic N) is 1. The molecule has 0 fully saturated rings. The Morgan fingerprint density at radius 2 is 1.51 bits per heavy atom. The Kier molecular flexibility index (Phi) is 9.23. The number of esters is 1. The molecule has 8 nitrogen and oxygen atoms in total. The third-order valence-corrected chi connectivity index (χ3v) is 4.97. The lowest BCUT2D eigenvalue weighted by molar-refractivity contribution is -0.120. The average molecular weight is 514 g/mol. The first-order valence-electron chi connectivity index (χ1n) is 10.5. The Morgan fingerprint density at radius 3 is 2.14 bits per heavy atom. The zero-order valence-electron chi connectivity index (χ0n) is 18.6. The van der Waals surface area contributed by atoms with Crippen molar-refractivity contribution in [2.24, 2.45) is 5.10 Å². The van der Waals surface area contributed by atoms with Gasteiger partial charge in [-0.1, -0.05) is 23.2 Å². The molecule has 2 N–H and O–H groups in total. The first kappa shape index (κ1) is 25.7. The van der Waals surface area contributed by atoms with E-state index in [0.717, 1.165) is 0 Å². The highest BCUT2D eigenvalue weighted by Crippen LogP contribution is 2.29. The zero-order valence-corrected chi connectivity index (χ0v) is 20.1. The van der Waals surface area contributed by atoms with Crippen LogP contribution in [0.15, 0.2) is 71.8 Å². The minimum atomic E-state index is -0.558. The van der Waals surface area contributed by atoms with Gasteiger partial charge >= 0.3 is 5.97 Å². The topological polar surface area (TPSA) is 106 Å². The van der Waals surface area contributed by atoms with Crippen molar-refractivity contribution in [3.8, 4) is 11.5 Å². The highest BCUT2D eigenvalue weighted by atomic mass is 35.5. The molecule has 10 heteroatoms. The molecular formula is C25H21Cl2N3O5. The summed E-state index contributed by atoms with van der Waals surface area (Å²) in [6.07, 6.45) is 1.40. The van der Waals surface area contributed by atoms with Gasteiger partial charge in [-0.2, -0.15) is 5.10 Å². The molecule has 180 valence electrons. The van der Waals surface area contributed by atoms with E-state index in [2.05, 4.69) is 15.8 Å². The van der Waals surface area contributed by atoms with Crippen molar-refractivity contribution in [3.63, 3.8) is 0 Å². The van der Waals surface area contributed by atoms with Gasteiger partial charge in [0.15, 0.2) is 11.5 Å². The molecule has 3 aromatic carbocycles. The lowest BCUT2D eigenvalue weighted by atomic mass is 10.2. The predicted octanol–water partition coefficient (Wildman–Crippen LogP) is 4.49. The molecular weight excluding hydrogens is 493 g/mol. The van der Waals surface area contributed by atoms with E-state index in [1.54, 1.807) is 73.7 Å². The highest BCUT2D eigenvalue weighted by molar-refractivity contribution is 6.31. The fourth-order valence-electron chi connectivity index (χ4n) is 2.78. The summed E-state index contributed by atoms with van der Waals surface area (Å²) < 4.78 is 11.0. The standard InChI is InChI=1S/C25H21Cl2N3O5/c1-2-34-22-13-16(3-12-21(22)35-25(33)18-6-10-20(27)11-7-18)14-29-30-23(31)15-28-24(32)17-4-8-19(26)9-5-17/h3-14H,2,15H2,1H3,(H,28,32)(H,30,31)/b29-14-. The van der Waals surface area contributed by atoms with Crippen LogP contribution in [0.3, 0.4) is 0 Å². The minimum absolute atomic E-state index is 0.234. The highest BCUT2D eigenvalue weighted by Gasteiger charge is 2.13. The fraction of sp³-hybridized carbons (Fsp3) is 0.120. The Bertz CT molecular complexity index is 1230. The number of carbonyl (C=O) groups is 3. The molecule has 3 rings (SSSR count). The van der Waals surface area contributed by atoms with Gasteiger partial charge < -0.3 is 14.8 Å². The van der Waals surface area contributed by atoms with Crippen LogP contribution in [-0.2, 0) is 4.79 Å². The molecule has 0 aromatic heterocycles. The van der Waals surface area contributed by atoms with Gasteiger partial charge in [-0.15, -0.1) is 0 Å². The summed E-state index contributed by atoms with van der Waals surface area (Å²) in [6, 6.07) is 17.4. The van der Waals surface area contributed by atoms with Gasteiger partial charge in [0.25, 0.3) is 11.8 Å². The molecule has 0 heterocycles. The van der Waals surface area contributed by atoms with Crippen LogP contribution in [-0.4, -0.2) is 37.1 Å². The fourth-order valence-corrected chi connectivity index (χ4v) is 3.04. The van der Waals surface area contributed by atoms with E-state index in [4.69, 9.17) is 32.7 Å². The summed E-state index contributed by atoms with van der Waals surface area (Å²) in [7, 11) is 0. The lowest BCUT2D eigenvalue weighted by Crippen LogP contribution is -2.34. The largest absolute Gasteiger partial charge is 0.490 e. The maximum atomic E-state index is 12.4. The summed E-state index contributed by atoms with van der Waals surface area (Å²) >= 11 is 11.6. The Morgan fingerprint density at radius 1 is 0.886 bits per heavy atom. The Labute approximate surface area is 211 Å². The zero-order chi connectivity index (χ0) is 25.2. The molecule has 2 amide bonds. The Hall–Kier alpha value is -3.88. The number of rotatable bonds is 9. The van der Waals surface area contributed by atoms with Gasteiger partial charge in [-0.25, -0.2) is 10.2 Å². The van der Waals surface area contributed by atoms with E-state index in [-0.39, 0.29) is 12.3 Å². The van der Waals surface area contributed by atoms with Crippen molar-refractivity contribution >= 4 is 47.2 Å². The van der Waals surface area contributed by atoms with Gasteiger partial charge in [0.1, 0.15) is 0 Å². The van der Waals surface area contributed by atoms with Crippen molar-refractivity contribution in [2.45, 2.75) is 6.92 Å². The van der Waals surface area contributed by atoms with Crippen molar-refractivity contribution < 1.29 is 23.9 Å². The van der Waals surface area contributed by atoms with Crippen LogP contribution in [0.2, 0.25) is 10.0 Å². The predicted molar refractivity (Wildman–Crippen MR) is 134 cm³/mol. The maximum absolute atomic E-state index is 12.4. The summed E-state index contributed by atoms with van der Waals surface area (Å²) in [5.41, 5.74) is 3.64. The average Bonchev–Trinajstić information content (AvgIpc) is 2.85. The van der Waals surface area contributed by atoms with E-state index in [1.807, 2.05) is 0 Å². The monoisotopic (exact) mass is 513 g/mol. The van der Waals surface area contributed by atoms with Crippen molar-refractivity contribution in [1.82, 2.24) is 10.7 Å². The van der Waals surface area contributed by atoms with E-state index in [9.17, 15) is 14.4 Å². The molecule has 0 saturated carbocycles. The molecule has 3 aromatic rings. The molecule has 0 bridgehead atoms. The van der Waals surface area contributed by atoms with Crippen LogP contribution < -0.4 is 20.2 Å². The van der Waals surface area contributed by atoms with E-state index in [0.29, 0.717) is 39.1 Å². The van der Waals surface area contributed by atoms with Crippen LogP contribution in [0.4, 0.5) is 0 Å².